The first-order valence-electron chi connectivity index (χ1n) is 3.41. The van der Waals surface area contributed by atoms with Crippen molar-refractivity contribution in [2.75, 3.05) is 7.05 Å². The summed E-state index contributed by atoms with van der Waals surface area (Å²) >= 11 is 1.27. The van der Waals surface area contributed by atoms with E-state index in [2.05, 4.69) is 16.6 Å². The Morgan fingerprint density at radius 1 is 1.79 bits per heavy atom. The maximum absolute atomic E-state index is 10.3. The molecule has 0 radical (unpaired) electrons. The Morgan fingerprint density at radius 3 is 2.64 bits per heavy atom. The highest BCUT2D eigenvalue weighted by molar-refractivity contribution is 7.11. The summed E-state index contributed by atoms with van der Waals surface area (Å²) in [4.78, 5) is 25.9. The summed E-state index contributed by atoms with van der Waals surface area (Å²) in [6.07, 6.45) is 2.86. The minimum Gasteiger partial charge on any atom is -0.478 e. The lowest BCUT2D eigenvalue weighted by molar-refractivity contribution is -0.130. The van der Waals surface area contributed by atoms with Crippen LogP contribution in [0.3, 0.4) is 0 Å². The molecule has 1 aromatic heterocycles. The lowest BCUT2D eigenvalue weighted by Crippen LogP contribution is -1.96. The number of rotatable bonds is 2. The van der Waals surface area contributed by atoms with Crippen molar-refractivity contribution in [3.63, 3.8) is 0 Å². The number of aliphatic carboxylic acids is 1. The van der Waals surface area contributed by atoms with Crippen molar-refractivity contribution in [3.05, 3.63) is 23.2 Å². The van der Waals surface area contributed by atoms with E-state index in [1.54, 1.807) is 11.6 Å². The van der Waals surface area contributed by atoms with E-state index in [4.69, 9.17) is 9.90 Å². The van der Waals surface area contributed by atoms with Gasteiger partial charge in [-0.1, -0.05) is 6.58 Å². The molecule has 0 saturated carbocycles. The van der Waals surface area contributed by atoms with Gasteiger partial charge in [0.1, 0.15) is 5.01 Å². The van der Waals surface area contributed by atoms with E-state index >= 15 is 0 Å². The number of carbonyl (C=O) groups excluding carboxylic acids is 1. The maximum atomic E-state index is 10.3. The largest absolute Gasteiger partial charge is 0.478 e. The fourth-order valence-corrected chi connectivity index (χ4v) is 1.07. The number of carbonyl (C=O) groups is 1. The van der Waals surface area contributed by atoms with Crippen LogP contribution in [0.4, 0.5) is 0 Å². The molecule has 74 valence electrons. The van der Waals surface area contributed by atoms with Crippen molar-refractivity contribution < 1.29 is 14.7 Å². The van der Waals surface area contributed by atoms with Crippen LogP contribution in [0.25, 0.3) is 5.57 Å². The van der Waals surface area contributed by atoms with Gasteiger partial charge in [-0.05, 0) is 0 Å². The molecule has 0 fully saturated rings. The molecule has 6 heteroatoms. The summed E-state index contributed by atoms with van der Waals surface area (Å²) in [7, 11) is 1.38. The zero-order chi connectivity index (χ0) is 11.0. The van der Waals surface area contributed by atoms with E-state index in [0.717, 1.165) is 0 Å². The molecule has 1 heterocycles. The Balaban J connectivity index is 0.000000364. The zero-order valence-electron chi connectivity index (χ0n) is 7.43. The Hall–Kier alpha value is -1.78. The quantitative estimate of drug-likeness (QED) is 0.453. The molecule has 0 saturated heterocycles. The third kappa shape index (κ3) is 4.30. The zero-order valence-corrected chi connectivity index (χ0v) is 8.24. The Bertz CT molecular complexity index is 353. The number of carboxylic acids is 1. The first kappa shape index (κ1) is 12.2. The standard InChI is InChI=1S/C6H5NO2S.C2H3NO/c1-4(6(8)9)5-7-2-3-10-5;1-3-2-4/h2-3H,1H2,(H,8,9);1H3. The average molecular weight is 212 g/mol. The van der Waals surface area contributed by atoms with E-state index in [0.29, 0.717) is 5.01 Å². The SMILES string of the molecule is C=C(C(=O)O)c1nccs1.CN=C=O. The third-order valence-corrected chi connectivity index (χ3v) is 1.87. The van der Waals surface area contributed by atoms with Gasteiger partial charge in [0.2, 0.25) is 6.08 Å². The first-order valence-corrected chi connectivity index (χ1v) is 4.29. The molecule has 0 spiro atoms. The average Bonchev–Trinajstić information content (AvgIpc) is 2.69. The highest BCUT2D eigenvalue weighted by Gasteiger charge is 2.08. The second kappa shape index (κ2) is 6.71. The minimum atomic E-state index is -1.02. The van der Waals surface area contributed by atoms with Gasteiger partial charge in [-0.2, -0.15) is 0 Å². The van der Waals surface area contributed by atoms with Gasteiger partial charge < -0.3 is 5.11 Å². The fourth-order valence-electron chi connectivity index (χ4n) is 0.464. The molecule has 0 atom stereocenters. The van der Waals surface area contributed by atoms with E-state index < -0.39 is 5.97 Å². The summed E-state index contributed by atoms with van der Waals surface area (Å²) in [6, 6.07) is 0. The van der Waals surface area contributed by atoms with Crippen molar-refractivity contribution >= 4 is 29.0 Å². The molecule has 14 heavy (non-hydrogen) atoms. The lowest BCUT2D eigenvalue weighted by atomic mass is 10.3. The molecule has 0 bridgehead atoms. The molecule has 0 aromatic carbocycles. The number of isocyanates is 1. The second-order valence-electron chi connectivity index (χ2n) is 1.94. The van der Waals surface area contributed by atoms with Gasteiger partial charge in [0.25, 0.3) is 0 Å². The first-order chi connectivity index (χ1) is 6.63. The molecule has 5 nitrogen and oxygen atoms in total. The monoisotopic (exact) mass is 212 g/mol. The molecule has 0 amide bonds. The van der Waals surface area contributed by atoms with Crippen molar-refractivity contribution in [1.82, 2.24) is 4.98 Å². The van der Waals surface area contributed by atoms with Gasteiger partial charge in [0, 0.05) is 18.6 Å². The van der Waals surface area contributed by atoms with Crippen molar-refractivity contribution in [2.45, 2.75) is 0 Å². The lowest BCUT2D eigenvalue weighted by Gasteiger charge is -1.90. The Labute approximate surface area is 84.4 Å². The number of carboxylic acid groups (broad SMARTS) is 1. The van der Waals surface area contributed by atoms with Crippen LogP contribution in [-0.4, -0.2) is 29.2 Å². The Morgan fingerprint density at radius 2 is 2.36 bits per heavy atom. The number of nitrogens with zero attached hydrogens (tertiary/aromatic N) is 2. The predicted molar refractivity (Wildman–Crippen MR) is 52.8 cm³/mol. The van der Waals surface area contributed by atoms with E-state index in [-0.39, 0.29) is 5.57 Å². The molecule has 0 aliphatic heterocycles. The molecule has 1 N–H and O–H groups in total. The molecule has 0 aliphatic rings. The number of thiazole rings is 1. The van der Waals surface area contributed by atoms with Crippen molar-refractivity contribution in [2.24, 2.45) is 4.99 Å². The van der Waals surface area contributed by atoms with Gasteiger partial charge >= 0.3 is 5.97 Å². The van der Waals surface area contributed by atoms with Crippen molar-refractivity contribution in [1.29, 1.82) is 0 Å². The topological polar surface area (TPSA) is 79.6 Å². The van der Waals surface area contributed by atoms with Crippen LogP contribution in [0.5, 0.6) is 0 Å². The van der Waals surface area contributed by atoms with Crippen LogP contribution in [0.2, 0.25) is 0 Å². The minimum absolute atomic E-state index is 0.0509. The molecular formula is C8H8N2O3S. The summed E-state index contributed by atoms with van der Waals surface area (Å²) < 4.78 is 0. The van der Waals surface area contributed by atoms with Gasteiger partial charge in [-0.25, -0.2) is 19.6 Å². The normalized spacial score (nSPS) is 7.79. The van der Waals surface area contributed by atoms with Crippen LogP contribution in [-0.2, 0) is 9.59 Å². The smallest absolute Gasteiger partial charge is 0.338 e. The van der Waals surface area contributed by atoms with Crippen molar-refractivity contribution in [3.8, 4) is 0 Å². The molecule has 1 aromatic rings. The highest BCUT2D eigenvalue weighted by Crippen LogP contribution is 2.14. The fraction of sp³-hybridized carbons (Fsp3) is 0.125. The van der Waals surface area contributed by atoms with E-state index in [9.17, 15) is 4.79 Å². The summed E-state index contributed by atoms with van der Waals surface area (Å²) in [5.41, 5.74) is 0.0509. The van der Waals surface area contributed by atoms with E-state index in [1.807, 2.05) is 0 Å². The van der Waals surface area contributed by atoms with Gasteiger partial charge in [-0.3, -0.25) is 0 Å². The summed E-state index contributed by atoms with van der Waals surface area (Å²) in [5.74, 6) is -1.02. The van der Waals surface area contributed by atoms with Crippen LogP contribution in [0.15, 0.2) is 23.1 Å². The van der Waals surface area contributed by atoms with Crippen LogP contribution in [0.1, 0.15) is 5.01 Å². The predicted octanol–water partition coefficient (Wildman–Crippen LogP) is 1.19. The van der Waals surface area contributed by atoms with Crippen LogP contribution >= 0.6 is 11.3 Å². The van der Waals surface area contributed by atoms with Crippen LogP contribution < -0.4 is 0 Å². The Kier molecular flexibility index (Phi) is 5.85. The van der Waals surface area contributed by atoms with Gasteiger partial charge in [-0.15, -0.1) is 11.3 Å². The summed E-state index contributed by atoms with van der Waals surface area (Å²) in [5, 5.41) is 10.6. The van der Waals surface area contributed by atoms with Crippen LogP contribution in [0, 0.1) is 0 Å². The highest BCUT2D eigenvalue weighted by atomic mass is 32.1. The second-order valence-corrected chi connectivity index (χ2v) is 2.83. The van der Waals surface area contributed by atoms with Gasteiger partial charge in [0.05, 0.1) is 5.57 Å². The number of hydrogen-bond donors (Lipinski definition) is 1. The molecular weight excluding hydrogens is 204 g/mol. The molecule has 0 unspecified atom stereocenters. The summed E-state index contributed by atoms with van der Waals surface area (Å²) in [6.45, 7) is 3.35. The molecule has 0 aliphatic carbocycles. The number of aromatic nitrogens is 1. The third-order valence-electron chi connectivity index (χ3n) is 1.04. The maximum Gasteiger partial charge on any atom is 0.338 e. The van der Waals surface area contributed by atoms with E-state index in [1.165, 1.54) is 24.5 Å². The number of aliphatic imine (C=N–C) groups is 1. The molecule has 1 rings (SSSR count). The number of hydrogen-bond acceptors (Lipinski definition) is 5. The van der Waals surface area contributed by atoms with Gasteiger partial charge in [0.15, 0.2) is 0 Å².